The van der Waals surface area contributed by atoms with Crippen molar-refractivity contribution in [2.45, 2.75) is 6.92 Å². The number of ether oxygens (including phenoxy) is 1. The highest BCUT2D eigenvalue weighted by atomic mass is 35.5. The number of carbonyl (C=O) groups excluding carboxylic acids is 1. The molecule has 0 radical (unpaired) electrons. The number of halogens is 2. The fraction of sp³-hybridized carbons (Fsp3) is 0.105. The van der Waals surface area contributed by atoms with Crippen LogP contribution in [0.25, 0.3) is 16.2 Å². The molecular formula is C19H14Cl2N4O2S. The Morgan fingerprint density at radius 2 is 2.11 bits per heavy atom. The smallest absolute Gasteiger partial charge is 0.264 e. The van der Waals surface area contributed by atoms with E-state index >= 15 is 0 Å². The van der Waals surface area contributed by atoms with Gasteiger partial charge in [-0.2, -0.15) is 4.98 Å². The maximum atomic E-state index is 12.2. The Labute approximate surface area is 174 Å². The Kier molecular flexibility index (Phi) is 5.21. The highest BCUT2D eigenvalue weighted by Gasteiger charge is 2.15. The molecule has 0 unspecified atom stereocenters. The van der Waals surface area contributed by atoms with Crippen LogP contribution in [0.5, 0.6) is 5.75 Å². The Hall–Kier alpha value is -2.61. The van der Waals surface area contributed by atoms with Gasteiger partial charge in [-0.15, -0.1) is 16.4 Å². The molecule has 4 aromatic rings. The van der Waals surface area contributed by atoms with E-state index in [0.717, 1.165) is 16.8 Å². The second-order valence-electron chi connectivity index (χ2n) is 6.03. The van der Waals surface area contributed by atoms with Gasteiger partial charge in [0.1, 0.15) is 5.75 Å². The summed E-state index contributed by atoms with van der Waals surface area (Å²) in [5.74, 6) is 0.484. The van der Waals surface area contributed by atoms with Crippen LogP contribution >= 0.6 is 34.5 Å². The van der Waals surface area contributed by atoms with E-state index in [9.17, 15) is 4.79 Å². The lowest BCUT2D eigenvalue weighted by Crippen LogP contribution is -2.21. The van der Waals surface area contributed by atoms with Crippen LogP contribution in [-0.4, -0.2) is 27.1 Å². The number of fused-ring (bicyclic) bond motifs is 1. The third kappa shape index (κ3) is 3.96. The second-order valence-corrected chi connectivity index (χ2v) is 7.71. The number of anilines is 1. The van der Waals surface area contributed by atoms with Gasteiger partial charge in [-0.25, -0.2) is 4.52 Å². The second kappa shape index (κ2) is 7.79. The van der Waals surface area contributed by atoms with Crippen molar-refractivity contribution in [2.24, 2.45) is 0 Å². The molecule has 6 nitrogen and oxygen atoms in total. The molecule has 0 bridgehead atoms. The van der Waals surface area contributed by atoms with Crippen molar-refractivity contribution in [3.63, 3.8) is 0 Å². The van der Waals surface area contributed by atoms with Gasteiger partial charge in [0.15, 0.2) is 6.61 Å². The molecule has 142 valence electrons. The average Bonchev–Trinajstić information content (AvgIpc) is 3.22. The zero-order valence-corrected chi connectivity index (χ0v) is 17.0. The molecule has 28 heavy (non-hydrogen) atoms. The van der Waals surface area contributed by atoms with Gasteiger partial charge in [-0.05, 0) is 42.8 Å². The third-order valence-corrected chi connectivity index (χ3v) is 5.28. The molecule has 0 saturated heterocycles. The fourth-order valence-corrected chi connectivity index (χ4v) is 3.84. The Bertz CT molecular complexity index is 1170. The molecule has 9 heteroatoms. The lowest BCUT2D eigenvalue weighted by Gasteiger charge is -2.06. The highest BCUT2D eigenvalue weighted by molar-refractivity contribution is 7.15. The zero-order valence-electron chi connectivity index (χ0n) is 14.6. The number of aromatic nitrogens is 3. The average molecular weight is 433 g/mol. The molecular weight excluding hydrogens is 419 g/mol. The van der Waals surface area contributed by atoms with Crippen LogP contribution in [0.3, 0.4) is 0 Å². The Morgan fingerprint density at radius 1 is 1.25 bits per heavy atom. The molecule has 0 aliphatic heterocycles. The normalized spacial score (nSPS) is 11.0. The summed E-state index contributed by atoms with van der Waals surface area (Å²) in [6, 6.07) is 12.7. The summed E-state index contributed by atoms with van der Waals surface area (Å²) in [5.41, 5.74) is 2.55. The minimum atomic E-state index is -0.345. The van der Waals surface area contributed by atoms with Crippen molar-refractivity contribution >= 4 is 51.4 Å². The van der Waals surface area contributed by atoms with E-state index in [0.29, 0.717) is 20.8 Å². The quantitative estimate of drug-likeness (QED) is 0.476. The number of amides is 1. The maximum absolute atomic E-state index is 12.2. The number of hydrogen-bond donors (Lipinski definition) is 1. The van der Waals surface area contributed by atoms with Gasteiger partial charge >= 0.3 is 0 Å². The first-order valence-corrected chi connectivity index (χ1v) is 9.92. The largest absolute Gasteiger partial charge is 0.484 e. The Balaban J connectivity index is 1.50. The van der Waals surface area contributed by atoms with Crippen LogP contribution in [-0.2, 0) is 4.79 Å². The van der Waals surface area contributed by atoms with E-state index in [1.54, 1.807) is 28.8 Å². The van der Waals surface area contributed by atoms with Crippen LogP contribution in [0, 0.1) is 6.92 Å². The number of hydrogen-bond acceptors (Lipinski definition) is 5. The summed E-state index contributed by atoms with van der Waals surface area (Å²) in [7, 11) is 0. The number of nitrogens with zero attached hydrogens (tertiary/aromatic N) is 3. The lowest BCUT2D eigenvalue weighted by molar-refractivity contribution is -0.118. The van der Waals surface area contributed by atoms with Crippen LogP contribution in [0.2, 0.25) is 10.0 Å². The van der Waals surface area contributed by atoms with E-state index in [4.69, 9.17) is 27.9 Å². The van der Waals surface area contributed by atoms with Crippen molar-refractivity contribution in [1.82, 2.24) is 14.6 Å². The summed E-state index contributed by atoms with van der Waals surface area (Å²) in [5, 5.41) is 10.0. The van der Waals surface area contributed by atoms with Crippen molar-refractivity contribution in [1.29, 1.82) is 0 Å². The first-order valence-electron chi connectivity index (χ1n) is 8.28. The van der Waals surface area contributed by atoms with Gasteiger partial charge in [0.25, 0.3) is 11.9 Å². The Morgan fingerprint density at radius 3 is 2.93 bits per heavy atom. The molecule has 2 aromatic carbocycles. The first kappa shape index (κ1) is 18.7. The molecule has 2 heterocycles. The number of carbonyl (C=O) groups is 1. The SMILES string of the molecule is Cc1cccc(OCC(=O)Nc2nc3scc(-c4cc(Cl)ccc4Cl)n3n2)c1. The number of aryl methyl sites for hydroxylation is 1. The van der Waals surface area contributed by atoms with E-state index in [2.05, 4.69) is 15.4 Å². The predicted molar refractivity (Wildman–Crippen MR) is 112 cm³/mol. The van der Waals surface area contributed by atoms with Gasteiger partial charge in [0.05, 0.1) is 10.7 Å². The van der Waals surface area contributed by atoms with Gasteiger partial charge in [-0.1, -0.05) is 35.3 Å². The van der Waals surface area contributed by atoms with E-state index in [1.807, 2.05) is 30.5 Å². The minimum absolute atomic E-state index is 0.136. The van der Waals surface area contributed by atoms with Crippen LogP contribution in [0.4, 0.5) is 5.95 Å². The summed E-state index contributed by atoms with van der Waals surface area (Å²) >= 11 is 13.8. The topological polar surface area (TPSA) is 68.5 Å². The molecule has 0 aliphatic rings. The molecule has 0 fully saturated rings. The number of benzene rings is 2. The first-order chi connectivity index (χ1) is 13.5. The van der Waals surface area contributed by atoms with Crippen LogP contribution in [0.15, 0.2) is 47.8 Å². The summed E-state index contributed by atoms with van der Waals surface area (Å²) in [4.78, 5) is 17.1. The van der Waals surface area contributed by atoms with Crippen LogP contribution < -0.4 is 10.1 Å². The van der Waals surface area contributed by atoms with Crippen LogP contribution in [0.1, 0.15) is 5.56 Å². The molecule has 2 aromatic heterocycles. The van der Waals surface area contributed by atoms with Gasteiger partial charge in [0, 0.05) is 16.0 Å². The fourth-order valence-electron chi connectivity index (χ4n) is 2.63. The molecule has 0 aliphatic carbocycles. The lowest BCUT2D eigenvalue weighted by atomic mass is 10.2. The number of nitrogens with one attached hydrogen (secondary N) is 1. The monoisotopic (exact) mass is 432 g/mol. The standard InChI is InChI=1S/C19H14Cl2N4O2S/c1-11-3-2-4-13(7-11)27-9-17(26)22-18-23-19-25(24-18)16(10-28-19)14-8-12(20)5-6-15(14)21/h2-8,10H,9H2,1H3,(H,22,24,26). The van der Waals surface area contributed by atoms with Gasteiger partial charge in [-0.3, -0.25) is 10.1 Å². The third-order valence-electron chi connectivity index (χ3n) is 3.90. The number of thiazole rings is 1. The van der Waals surface area contributed by atoms with Gasteiger partial charge < -0.3 is 4.74 Å². The van der Waals surface area contributed by atoms with E-state index in [-0.39, 0.29) is 18.5 Å². The summed E-state index contributed by atoms with van der Waals surface area (Å²) < 4.78 is 7.12. The predicted octanol–water partition coefficient (Wildman–Crippen LogP) is 5.09. The molecule has 1 N–H and O–H groups in total. The molecule has 0 atom stereocenters. The molecule has 4 rings (SSSR count). The summed E-state index contributed by atoms with van der Waals surface area (Å²) in [6.45, 7) is 1.82. The van der Waals surface area contributed by atoms with Gasteiger partial charge in [0.2, 0.25) is 4.96 Å². The van der Waals surface area contributed by atoms with E-state index < -0.39 is 0 Å². The van der Waals surface area contributed by atoms with Crippen molar-refractivity contribution in [3.8, 4) is 17.0 Å². The van der Waals surface area contributed by atoms with Crippen molar-refractivity contribution in [2.75, 3.05) is 11.9 Å². The van der Waals surface area contributed by atoms with Crippen molar-refractivity contribution < 1.29 is 9.53 Å². The summed E-state index contributed by atoms with van der Waals surface area (Å²) in [6.07, 6.45) is 0. The molecule has 0 spiro atoms. The van der Waals surface area contributed by atoms with E-state index in [1.165, 1.54) is 11.3 Å². The highest BCUT2D eigenvalue weighted by Crippen LogP contribution is 2.33. The molecule has 1 amide bonds. The number of rotatable bonds is 5. The minimum Gasteiger partial charge on any atom is -0.484 e. The molecule has 0 saturated carbocycles. The van der Waals surface area contributed by atoms with Crippen molar-refractivity contribution in [3.05, 3.63) is 63.5 Å². The maximum Gasteiger partial charge on any atom is 0.264 e. The zero-order chi connectivity index (χ0) is 19.7.